The van der Waals surface area contributed by atoms with E-state index in [0.717, 1.165) is 0 Å². The second-order valence-corrected chi connectivity index (χ2v) is 5.80. The minimum absolute atomic E-state index is 0.0667. The average molecular weight is 285 g/mol. The van der Waals surface area contributed by atoms with Gasteiger partial charge in [0.2, 0.25) is 10.1 Å². The summed E-state index contributed by atoms with van der Waals surface area (Å²) in [4.78, 5) is 10.6. The maximum absolute atomic E-state index is 11.9. The molecule has 0 fully saturated rings. The number of hydrogen-bond acceptors (Lipinski definition) is 6. The summed E-state index contributed by atoms with van der Waals surface area (Å²) < 4.78 is 25.9. The molecule has 1 heterocycles. The monoisotopic (exact) mass is 285 g/mol. The molecule has 7 nitrogen and oxygen atoms in total. The van der Waals surface area contributed by atoms with Gasteiger partial charge in [0, 0.05) is 0 Å². The number of rotatable bonds is 4. The van der Waals surface area contributed by atoms with E-state index in [2.05, 4.69) is 14.9 Å². The summed E-state index contributed by atoms with van der Waals surface area (Å²) >= 11 is 0.650. The highest BCUT2D eigenvalue weighted by Crippen LogP contribution is 2.19. The van der Waals surface area contributed by atoms with Gasteiger partial charge in [-0.2, -0.15) is 0 Å². The summed E-state index contributed by atoms with van der Waals surface area (Å²) in [6, 6.07) is 7.68. The maximum atomic E-state index is 11.9. The zero-order valence-electron chi connectivity index (χ0n) is 8.77. The summed E-state index contributed by atoms with van der Waals surface area (Å²) in [7, 11) is -3.76. The molecular weight excluding hydrogens is 278 g/mol. The molecule has 0 aliphatic rings. The van der Waals surface area contributed by atoms with Crippen LogP contribution in [0.5, 0.6) is 0 Å². The molecule has 0 atom stereocenters. The predicted octanol–water partition coefficient (Wildman–Crippen LogP) is 1.04. The molecule has 0 aliphatic carbocycles. The Bertz CT molecular complexity index is 666. The molecule has 0 unspecified atom stereocenters. The number of benzene rings is 1. The minimum Gasteiger partial charge on any atom is -0.476 e. The Labute approximate surface area is 106 Å². The Kier molecular flexibility index (Phi) is 3.26. The zero-order chi connectivity index (χ0) is 13.2. The molecule has 2 N–H and O–H groups in total. The van der Waals surface area contributed by atoms with Crippen LogP contribution in [-0.4, -0.2) is 29.7 Å². The molecular formula is C9H7N3O4S2. The first-order chi connectivity index (χ1) is 8.49. The largest absolute Gasteiger partial charge is 0.476 e. The molecule has 2 rings (SSSR count). The van der Waals surface area contributed by atoms with Gasteiger partial charge in [-0.15, -0.1) is 10.2 Å². The highest BCUT2D eigenvalue weighted by Gasteiger charge is 2.18. The van der Waals surface area contributed by atoms with E-state index in [-0.39, 0.29) is 15.0 Å². The summed E-state index contributed by atoms with van der Waals surface area (Å²) in [6.45, 7) is 0. The van der Waals surface area contributed by atoms with Crippen LogP contribution in [0.25, 0.3) is 0 Å². The number of sulfonamides is 1. The number of carboxylic acid groups (broad SMARTS) is 1. The van der Waals surface area contributed by atoms with Crippen LogP contribution >= 0.6 is 11.3 Å². The Morgan fingerprint density at radius 1 is 1.22 bits per heavy atom. The summed E-state index contributed by atoms with van der Waals surface area (Å²) in [5, 5.41) is 15.1. The van der Waals surface area contributed by atoms with Crippen molar-refractivity contribution in [2.45, 2.75) is 4.90 Å². The third-order valence-corrected chi connectivity index (χ3v) is 4.19. The second-order valence-electron chi connectivity index (χ2n) is 3.14. The van der Waals surface area contributed by atoms with Gasteiger partial charge < -0.3 is 5.11 Å². The van der Waals surface area contributed by atoms with Crippen LogP contribution in [-0.2, 0) is 10.0 Å². The Hall–Kier alpha value is -2.00. The molecule has 18 heavy (non-hydrogen) atoms. The molecule has 1 aromatic carbocycles. The van der Waals surface area contributed by atoms with E-state index < -0.39 is 16.0 Å². The fourth-order valence-corrected chi connectivity index (χ4v) is 2.96. The molecule has 0 saturated carbocycles. The van der Waals surface area contributed by atoms with Crippen molar-refractivity contribution in [3.8, 4) is 0 Å². The fraction of sp³-hybridized carbons (Fsp3) is 0. The second kappa shape index (κ2) is 4.70. The van der Waals surface area contributed by atoms with E-state index in [4.69, 9.17) is 5.11 Å². The Balaban J connectivity index is 2.25. The number of aromatic nitrogens is 2. The number of anilines is 1. The van der Waals surface area contributed by atoms with Crippen molar-refractivity contribution in [2.75, 3.05) is 4.72 Å². The molecule has 2 aromatic rings. The lowest BCUT2D eigenvalue weighted by molar-refractivity contribution is 0.0695. The van der Waals surface area contributed by atoms with Crippen LogP contribution in [0, 0.1) is 0 Å². The van der Waals surface area contributed by atoms with Gasteiger partial charge in [0.25, 0.3) is 10.0 Å². The quantitative estimate of drug-likeness (QED) is 0.868. The number of carboxylic acids is 1. The van der Waals surface area contributed by atoms with Gasteiger partial charge in [-0.3, -0.25) is 4.72 Å². The zero-order valence-corrected chi connectivity index (χ0v) is 10.4. The van der Waals surface area contributed by atoms with Gasteiger partial charge in [0.1, 0.15) is 0 Å². The molecule has 94 valence electrons. The number of hydrogen-bond donors (Lipinski definition) is 2. The standard InChI is InChI=1S/C9H7N3O4S2/c13-8(14)7-10-11-9(17-7)12-18(15,16)6-4-2-1-3-5-6/h1-5H,(H,11,12)(H,13,14). The molecule has 0 amide bonds. The van der Waals surface area contributed by atoms with Crippen molar-refractivity contribution in [1.82, 2.24) is 10.2 Å². The van der Waals surface area contributed by atoms with Crippen molar-refractivity contribution in [1.29, 1.82) is 0 Å². The molecule has 0 radical (unpaired) electrons. The van der Waals surface area contributed by atoms with Crippen LogP contribution < -0.4 is 4.72 Å². The van der Waals surface area contributed by atoms with Gasteiger partial charge in [-0.1, -0.05) is 29.5 Å². The van der Waals surface area contributed by atoms with Crippen molar-refractivity contribution in [3.05, 3.63) is 35.3 Å². The fourth-order valence-electron chi connectivity index (χ4n) is 1.12. The summed E-state index contributed by atoms with van der Waals surface area (Å²) in [5.74, 6) is -1.25. The summed E-state index contributed by atoms with van der Waals surface area (Å²) in [5.41, 5.74) is 0. The maximum Gasteiger partial charge on any atom is 0.367 e. The van der Waals surface area contributed by atoms with Crippen molar-refractivity contribution < 1.29 is 18.3 Å². The van der Waals surface area contributed by atoms with Gasteiger partial charge in [-0.05, 0) is 12.1 Å². The molecule has 1 aromatic heterocycles. The lowest BCUT2D eigenvalue weighted by Gasteiger charge is -2.03. The smallest absolute Gasteiger partial charge is 0.367 e. The lowest BCUT2D eigenvalue weighted by atomic mass is 10.4. The highest BCUT2D eigenvalue weighted by atomic mass is 32.2. The molecule has 0 aliphatic heterocycles. The van der Waals surface area contributed by atoms with Crippen molar-refractivity contribution in [2.24, 2.45) is 0 Å². The van der Waals surface area contributed by atoms with Crippen LogP contribution in [0.4, 0.5) is 5.13 Å². The van der Waals surface area contributed by atoms with Crippen LogP contribution in [0.2, 0.25) is 0 Å². The number of aromatic carboxylic acids is 1. The number of carbonyl (C=O) groups is 1. The average Bonchev–Trinajstić information content (AvgIpc) is 2.78. The van der Waals surface area contributed by atoms with Gasteiger partial charge in [0.05, 0.1) is 4.90 Å². The van der Waals surface area contributed by atoms with Crippen molar-refractivity contribution >= 4 is 32.5 Å². The van der Waals surface area contributed by atoms with E-state index in [9.17, 15) is 13.2 Å². The van der Waals surface area contributed by atoms with Crippen molar-refractivity contribution in [3.63, 3.8) is 0 Å². The number of nitrogens with zero attached hydrogens (tertiary/aromatic N) is 2. The predicted molar refractivity (Wildman–Crippen MR) is 64.1 cm³/mol. The normalized spacial score (nSPS) is 11.1. The number of nitrogens with one attached hydrogen (secondary N) is 1. The molecule has 0 saturated heterocycles. The van der Waals surface area contributed by atoms with E-state index in [1.807, 2.05) is 0 Å². The van der Waals surface area contributed by atoms with Gasteiger partial charge >= 0.3 is 5.97 Å². The first kappa shape index (κ1) is 12.5. The van der Waals surface area contributed by atoms with Gasteiger partial charge in [-0.25, -0.2) is 13.2 Å². The van der Waals surface area contributed by atoms with E-state index >= 15 is 0 Å². The molecule has 0 bridgehead atoms. The summed E-state index contributed by atoms with van der Waals surface area (Å²) in [6.07, 6.45) is 0. The van der Waals surface area contributed by atoms with Crippen LogP contribution in [0.3, 0.4) is 0 Å². The Morgan fingerprint density at radius 2 is 1.89 bits per heavy atom. The van der Waals surface area contributed by atoms with E-state index in [1.165, 1.54) is 12.1 Å². The Morgan fingerprint density at radius 3 is 2.44 bits per heavy atom. The topological polar surface area (TPSA) is 109 Å². The highest BCUT2D eigenvalue weighted by molar-refractivity contribution is 7.93. The first-order valence-electron chi connectivity index (χ1n) is 4.64. The molecule has 0 spiro atoms. The third kappa shape index (κ3) is 2.63. The van der Waals surface area contributed by atoms with E-state index in [0.29, 0.717) is 11.3 Å². The van der Waals surface area contributed by atoms with Crippen LogP contribution in [0.15, 0.2) is 35.2 Å². The lowest BCUT2D eigenvalue weighted by Crippen LogP contribution is -2.12. The molecule has 9 heteroatoms. The first-order valence-corrected chi connectivity index (χ1v) is 6.94. The van der Waals surface area contributed by atoms with E-state index in [1.54, 1.807) is 18.2 Å². The SMILES string of the molecule is O=C(O)c1nnc(NS(=O)(=O)c2ccccc2)s1. The third-order valence-electron chi connectivity index (χ3n) is 1.88. The van der Waals surface area contributed by atoms with Crippen LogP contribution in [0.1, 0.15) is 9.80 Å². The van der Waals surface area contributed by atoms with Gasteiger partial charge in [0.15, 0.2) is 0 Å². The minimum atomic E-state index is -3.76.